The van der Waals surface area contributed by atoms with Gasteiger partial charge in [0.2, 0.25) is 0 Å². The fourth-order valence-electron chi connectivity index (χ4n) is 17.7. The van der Waals surface area contributed by atoms with Gasteiger partial charge in [0, 0.05) is 68.0 Å². The lowest BCUT2D eigenvalue weighted by molar-refractivity contribution is 0.332. The van der Waals surface area contributed by atoms with E-state index < -0.39 is 0 Å². The maximum Gasteiger partial charge on any atom is 0.258 e. The summed E-state index contributed by atoms with van der Waals surface area (Å²) in [5.41, 5.74) is 29.6. The Hall–Kier alpha value is -9.33. The van der Waals surface area contributed by atoms with E-state index in [0.717, 1.165) is 128 Å². The number of nitrogens with zero attached hydrogens (tertiary/aromatic N) is 6. The van der Waals surface area contributed by atoms with Gasteiger partial charge in [-0.05, 0) is 231 Å². The van der Waals surface area contributed by atoms with Crippen LogP contribution in [0.4, 0.5) is 51.6 Å². The molecule has 6 heterocycles. The molecule has 470 valence electrons. The summed E-state index contributed by atoms with van der Waals surface area (Å²) < 4.78 is 10.5. The van der Waals surface area contributed by atoms with Crippen LogP contribution in [0, 0.1) is 27.7 Å². The predicted molar refractivity (Wildman–Crippen MR) is 400 cm³/mol. The van der Waals surface area contributed by atoms with Crippen molar-refractivity contribution in [2.75, 3.05) is 14.7 Å². The molecule has 4 aliphatic heterocycles. The molecule has 0 saturated carbocycles. The van der Waals surface area contributed by atoms with Gasteiger partial charge in [0.1, 0.15) is 29.0 Å². The van der Waals surface area contributed by atoms with E-state index in [1.807, 2.05) is 0 Å². The molecule has 7 nitrogen and oxygen atoms in total. The summed E-state index contributed by atoms with van der Waals surface area (Å²) in [4.78, 5) is 19.5. The molecule has 9 heteroatoms. The first kappa shape index (κ1) is 59.4. The third kappa shape index (κ3) is 8.85. The van der Waals surface area contributed by atoms with Gasteiger partial charge in [-0.2, -0.15) is 0 Å². The summed E-state index contributed by atoms with van der Waals surface area (Å²) in [5.74, 6) is 5.34. The maximum atomic E-state index is 7.89. The topological polar surface area (TPSA) is 49.7 Å². The van der Waals surface area contributed by atoms with E-state index >= 15 is 0 Å². The molecule has 9 aromatic carbocycles. The van der Waals surface area contributed by atoms with Crippen LogP contribution in [0.15, 0.2) is 188 Å². The number of anilines is 9. The lowest BCUT2D eigenvalue weighted by Gasteiger charge is -2.45. The number of aryl methyl sites for hydroxylation is 4. The number of hydrogen-bond acceptors (Lipinski definition) is 6. The Morgan fingerprint density at radius 3 is 1.47 bits per heavy atom. The number of aromatic nitrogens is 3. The summed E-state index contributed by atoms with van der Waals surface area (Å²) >= 11 is 0. The molecular formula is C86H84B2N6O. The smallest absolute Gasteiger partial charge is 0.258 e. The first-order valence-corrected chi connectivity index (χ1v) is 34.6. The monoisotopic (exact) mass is 1240 g/mol. The molecule has 0 fully saturated rings. The van der Waals surface area contributed by atoms with Gasteiger partial charge in [-0.3, -0.25) is 19.3 Å². The standard InChI is InChI=1S/C86H84B2N6O/c1-51-26-24-27-52(2)74(51)55-44-70-76-72(45-55)95-71-50-69-65(48-66(71)88(76)67-49-73(82(5,6)7)94(57-32-20-17-21-33-57)81(67)93(70)59-37-39-61-63(47-59)86(14,15)43-41-84(61,10)11)87-64-34-22-23-35-68(64)92(58-36-38-60-62(46-58)85(12,13)42-40-83(60,8)9)80-77(87)79(91(69)56-30-18-16-19-31-56)89-78(90-80)75-53(3)28-25-29-54(75)4/h16-39,44-50H,40-43H2,1-15H3. The Morgan fingerprint density at radius 2 is 0.895 bits per heavy atom. The van der Waals surface area contributed by atoms with Crippen LogP contribution in [0.25, 0.3) is 28.2 Å². The highest BCUT2D eigenvalue weighted by Gasteiger charge is 2.51. The molecule has 0 saturated heterocycles. The predicted octanol–water partition coefficient (Wildman–Crippen LogP) is 18.3. The van der Waals surface area contributed by atoms with Crippen LogP contribution in [0.2, 0.25) is 0 Å². The van der Waals surface area contributed by atoms with Crippen molar-refractivity contribution in [1.29, 1.82) is 0 Å². The van der Waals surface area contributed by atoms with E-state index in [1.54, 1.807) is 0 Å². The molecule has 0 N–H and O–H groups in total. The van der Waals surface area contributed by atoms with Gasteiger partial charge in [0.25, 0.3) is 13.4 Å². The fourth-order valence-corrected chi connectivity index (χ4v) is 17.7. The molecule has 11 aromatic rings. The van der Waals surface area contributed by atoms with E-state index in [1.165, 1.54) is 66.5 Å². The van der Waals surface area contributed by atoms with Crippen molar-refractivity contribution < 1.29 is 4.74 Å². The number of rotatable bonds is 6. The average Bonchev–Trinajstić information content (AvgIpc) is 1.62. The van der Waals surface area contributed by atoms with Gasteiger partial charge in [-0.1, -0.05) is 185 Å². The van der Waals surface area contributed by atoms with E-state index in [-0.39, 0.29) is 40.5 Å². The van der Waals surface area contributed by atoms with Crippen LogP contribution in [0.3, 0.4) is 0 Å². The van der Waals surface area contributed by atoms with Crippen LogP contribution in [-0.2, 0) is 27.1 Å². The Kier molecular flexibility index (Phi) is 12.9. The highest BCUT2D eigenvalue weighted by Crippen LogP contribution is 2.54. The molecule has 95 heavy (non-hydrogen) atoms. The van der Waals surface area contributed by atoms with Gasteiger partial charge in [-0.15, -0.1) is 0 Å². The van der Waals surface area contributed by atoms with Gasteiger partial charge in [-0.25, -0.2) is 9.97 Å². The molecule has 2 aliphatic carbocycles. The Morgan fingerprint density at radius 1 is 0.389 bits per heavy atom. The molecule has 2 aromatic heterocycles. The SMILES string of the molecule is Cc1cccc(C)c1-c1cc2c3c(c1)N(c1ccc4c(c1)C(C)(C)CCC4(C)C)c1c(cc(C(C)(C)C)n1-c1ccccc1)B3c1cc3c(cc1O2)N(c1ccccc1)c1nc(-c2c(C)cccc2C)nc2c1B3c1ccccc1N2c1ccc2c(c1)C(C)(C)CCC2(C)C. The molecule has 17 rings (SSSR count). The summed E-state index contributed by atoms with van der Waals surface area (Å²) in [6, 6.07) is 71.6. The van der Waals surface area contributed by atoms with E-state index in [2.05, 4.69) is 311 Å². The minimum absolute atomic E-state index is 0.0166. The zero-order valence-electron chi connectivity index (χ0n) is 58.0. The maximum absolute atomic E-state index is 7.89. The summed E-state index contributed by atoms with van der Waals surface area (Å²) in [5, 5.41) is 0. The Bertz CT molecular complexity index is 5030. The minimum Gasteiger partial charge on any atom is -0.458 e. The molecule has 0 bridgehead atoms. The first-order chi connectivity index (χ1) is 45.4. The highest BCUT2D eigenvalue weighted by atomic mass is 16.5. The van der Waals surface area contributed by atoms with Crippen molar-refractivity contribution in [3.63, 3.8) is 0 Å². The number of para-hydroxylation sites is 3. The van der Waals surface area contributed by atoms with Crippen LogP contribution >= 0.6 is 0 Å². The minimum atomic E-state index is -0.267. The van der Waals surface area contributed by atoms with E-state index in [0.29, 0.717) is 5.82 Å². The number of hydrogen-bond donors (Lipinski definition) is 0. The number of benzene rings is 9. The van der Waals surface area contributed by atoms with Crippen molar-refractivity contribution in [3.8, 4) is 39.7 Å². The second-order valence-electron chi connectivity index (χ2n) is 32.1. The normalized spacial score (nSPS) is 16.9. The molecular weight excluding hydrogens is 1150 g/mol. The molecule has 0 radical (unpaired) electrons. The van der Waals surface area contributed by atoms with Gasteiger partial charge in [0.15, 0.2) is 5.82 Å². The zero-order chi connectivity index (χ0) is 65.7. The molecule has 0 spiro atoms. The van der Waals surface area contributed by atoms with Crippen molar-refractivity contribution in [2.45, 2.75) is 157 Å². The second-order valence-corrected chi connectivity index (χ2v) is 32.1. The van der Waals surface area contributed by atoms with E-state index in [9.17, 15) is 0 Å². The third-order valence-corrected chi connectivity index (χ3v) is 23.0. The number of ether oxygens (including phenoxy) is 1. The first-order valence-electron chi connectivity index (χ1n) is 34.6. The Balaban J connectivity index is 0.980. The highest BCUT2D eigenvalue weighted by molar-refractivity contribution is 7.02. The lowest BCUT2D eigenvalue weighted by atomic mass is 9.31. The quantitative estimate of drug-likeness (QED) is 0.155. The van der Waals surface area contributed by atoms with Crippen LogP contribution in [0.1, 0.15) is 152 Å². The second kappa shape index (κ2) is 20.6. The third-order valence-electron chi connectivity index (χ3n) is 23.0. The van der Waals surface area contributed by atoms with Crippen molar-refractivity contribution in [2.24, 2.45) is 0 Å². The van der Waals surface area contributed by atoms with Gasteiger partial charge < -0.3 is 4.74 Å². The van der Waals surface area contributed by atoms with Crippen molar-refractivity contribution in [1.82, 2.24) is 14.5 Å². The van der Waals surface area contributed by atoms with Gasteiger partial charge in [0.05, 0.1) is 0 Å². The molecule has 0 atom stereocenters. The van der Waals surface area contributed by atoms with Crippen LogP contribution in [0.5, 0.6) is 11.5 Å². The van der Waals surface area contributed by atoms with Crippen LogP contribution < -0.4 is 52.2 Å². The summed E-state index contributed by atoms with van der Waals surface area (Å²) in [7, 11) is 0. The van der Waals surface area contributed by atoms with Crippen LogP contribution in [-0.4, -0.2) is 28.0 Å². The zero-order valence-corrected chi connectivity index (χ0v) is 58.0. The lowest BCUT2D eigenvalue weighted by Crippen LogP contribution is -2.64. The Labute approximate surface area is 563 Å². The van der Waals surface area contributed by atoms with Gasteiger partial charge >= 0.3 is 0 Å². The molecule has 6 aliphatic rings. The average molecular weight is 1240 g/mol. The molecule has 0 unspecified atom stereocenters. The summed E-state index contributed by atoms with van der Waals surface area (Å²) in [6.45, 7) is 35.0. The largest absolute Gasteiger partial charge is 0.458 e. The molecule has 0 amide bonds. The van der Waals surface area contributed by atoms with Crippen molar-refractivity contribution >= 4 is 97.8 Å². The summed E-state index contributed by atoms with van der Waals surface area (Å²) in [6.07, 6.45) is 4.52. The van der Waals surface area contributed by atoms with E-state index in [4.69, 9.17) is 14.7 Å². The number of fused-ring (bicyclic) bond motifs is 10. The van der Waals surface area contributed by atoms with Crippen molar-refractivity contribution in [3.05, 3.63) is 238 Å². The fraction of sp³-hybridized carbons (Fsp3) is 0.279.